The largest absolute Gasteiger partial charge is 0.493 e. The maximum Gasteiger partial charge on any atom is 0.271 e. The molecule has 5 heteroatoms. The summed E-state index contributed by atoms with van der Waals surface area (Å²) in [4.78, 5) is 12.9. The Labute approximate surface area is 170 Å². The van der Waals surface area contributed by atoms with Gasteiger partial charge in [0.1, 0.15) is 0 Å². The summed E-state index contributed by atoms with van der Waals surface area (Å²) in [6.45, 7) is 0. The van der Waals surface area contributed by atoms with Crippen LogP contribution in [0.25, 0.3) is 11.6 Å². The fourth-order valence-electron chi connectivity index (χ4n) is 2.77. The van der Waals surface area contributed by atoms with Crippen LogP contribution in [-0.2, 0) is 4.79 Å². The van der Waals surface area contributed by atoms with Crippen LogP contribution in [0.5, 0.6) is 11.5 Å². The molecule has 1 amide bonds. The van der Waals surface area contributed by atoms with Crippen molar-refractivity contribution in [3.63, 3.8) is 0 Å². The molecule has 0 spiro atoms. The van der Waals surface area contributed by atoms with Crippen molar-refractivity contribution in [2.24, 2.45) is 5.10 Å². The average Bonchev–Trinajstić information content (AvgIpc) is 2.78. The molecule has 1 N–H and O–H groups in total. The Balaban J connectivity index is 1.90. The predicted octanol–water partition coefficient (Wildman–Crippen LogP) is 4.39. The van der Waals surface area contributed by atoms with E-state index >= 15 is 0 Å². The van der Waals surface area contributed by atoms with Crippen LogP contribution in [0.15, 0.2) is 84.0 Å². The van der Waals surface area contributed by atoms with Gasteiger partial charge in [0.15, 0.2) is 11.5 Å². The van der Waals surface area contributed by atoms with Crippen LogP contribution in [0, 0.1) is 0 Å². The molecule has 146 valence electrons. The van der Waals surface area contributed by atoms with Gasteiger partial charge >= 0.3 is 0 Å². The van der Waals surface area contributed by atoms with Crippen LogP contribution in [-0.4, -0.2) is 26.3 Å². The molecule has 3 aromatic carbocycles. The molecule has 0 radical (unpaired) electrons. The zero-order valence-electron chi connectivity index (χ0n) is 16.3. The monoisotopic (exact) mass is 386 g/mol. The third kappa shape index (κ3) is 5.32. The zero-order chi connectivity index (χ0) is 20.5. The Morgan fingerprint density at radius 3 is 2.14 bits per heavy atom. The fourth-order valence-corrected chi connectivity index (χ4v) is 2.77. The summed E-state index contributed by atoms with van der Waals surface area (Å²) < 4.78 is 10.6. The minimum absolute atomic E-state index is 0.307. The summed E-state index contributed by atoms with van der Waals surface area (Å²) in [7, 11) is 3.16. The van der Waals surface area contributed by atoms with Gasteiger partial charge in [-0.2, -0.15) is 5.10 Å². The van der Waals surface area contributed by atoms with E-state index in [0.717, 1.165) is 16.7 Å². The lowest BCUT2D eigenvalue weighted by molar-refractivity contribution is -0.115. The molecule has 0 aliphatic rings. The number of nitrogens with one attached hydrogen (secondary N) is 1. The van der Waals surface area contributed by atoms with E-state index in [1.165, 1.54) is 0 Å². The van der Waals surface area contributed by atoms with E-state index in [4.69, 9.17) is 9.47 Å². The third-order valence-corrected chi connectivity index (χ3v) is 4.23. The van der Waals surface area contributed by atoms with Gasteiger partial charge in [-0.1, -0.05) is 66.7 Å². The SMILES string of the molecule is COc1ccc(/C=C(\C(=O)N/N=C/c2ccccc2)c2ccccc2)cc1OC. The molecular weight excluding hydrogens is 364 g/mol. The van der Waals surface area contributed by atoms with Gasteiger partial charge in [0.05, 0.1) is 20.4 Å². The van der Waals surface area contributed by atoms with Crippen LogP contribution in [0.4, 0.5) is 0 Å². The molecule has 0 atom stereocenters. The van der Waals surface area contributed by atoms with Gasteiger partial charge < -0.3 is 9.47 Å². The second-order valence-electron chi connectivity index (χ2n) is 6.15. The van der Waals surface area contributed by atoms with Gasteiger partial charge in [0.25, 0.3) is 5.91 Å². The number of hydrogen-bond acceptors (Lipinski definition) is 4. The molecule has 0 saturated carbocycles. The molecule has 5 nitrogen and oxygen atoms in total. The van der Waals surface area contributed by atoms with E-state index < -0.39 is 0 Å². The molecule has 0 bridgehead atoms. The molecule has 29 heavy (non-hydrogen) atoms. The topological polar surface area (TPSA) is 59.9 Å². The van der Waals surface area contributed by atoms with E-state index in [-0.39, 0.29) is 5.91 Å². The Morgan fingerprint density at radius 2 is 1.48 bits per heavy atom. The minimum atomic E-state index is -0.307. The smallest absolute Gasteiger partial charge is 0.271 e. The number of amides is 1. The van der Waals surface area contributed by atoms with Crippen LogP contribution in [0.1, 0.15) is 16.7 Å². The number of carbonyl (C=O) groups is 1. The lowest BCUT2D eigenvalue weighted by Gasteiger charge is -2.10. The molecule has 0 fully saturated rings. The number of carbonyl (C=O) groups excluding carboxylic acids is 1. The highest BCUT2D eigenvalue weighted by molar-refractivity contribution is 6.24. The Bertz CT molecular complexity index is 1010. The van der Waals surface area contributed by atoms with Gasteiger partial charge in [-0.05, 0) is 34.9 Å². The molecule has 0 aliphatic heterocycles. The van der Waals surface area contributed by atoms with Gasteiger partial charge in [0, 0.05) is 5.57 Å². The maximum absolute atomic E-state index is 12.9. The number of nitrogens with zero attached hydrogens (tertiary/aromatic N) is 1. The number of hydrogen-bond donors (Lipinski definition) is 1. The van der Waals surface area contributed by atoms with E-state index in [9.17, 15) is 4.79 Å². The highest BCUT2D eigenvalue weighted by Crippen LogP contribution is 2.29. The third-order valence-electron chi connectivity index (χ3n) is 4.23. The lowest BCUT2D eigenvalue weighted by atomic mass is 10.0. The van der Waals surface area contributed by atoms with Crippen molar-refractivity contribution in [3.8, 4) is 11.5 Å². The summed E-state index contributed by atoms with van der Waals surface area (Å²) in [5.74, 6) is 0.914. The fraction of sp³-hybridized carbons (Fsp3) is 0.0833. The van der Waals surface area contributed by atoms with Crippen molar-refractivity contribution in [1.82, 2.24) is 5.43 Å². The van der Waals surface area contributed by atoms with E-state index in [1.807, 2.05) is 72.8 Å². The highest BCUT2D eigenvalue weighted by Gasteiger charge is 2.12. The van der Waals surface area contributed by atoms with Gasteiger partial charge in [-0.25, -0.2) is 5.43 Å². The van der Waals surface area contributed by atoms with Crippen molar-refractivity contribution in [3.05, 3.63) is 95.6 Å². The molecule has 3 aromatic rings. The number of ether oxygens (including phenoxy) is 2. The van der Waals surface area contributed by atoms with Crippen molar-refractivity contribution in [2.45, 2.75) is 0 Å². The lowest BCUT2D eigenvalue weighted by Crippen LogP contribution is -2.19. The molecule has 0 heterocycles. The van der Waals surface area contributed by atoms with Gasteiger partial charge in [-0.15, -0.1) is 0 Å². The summed E-state index contributed by atoms with van der Waals surface area (Å²) in [6, 6.07) is 24.5. The zero-order valence-corrected chi connectivity index (χ0v) is 16.3. The molecule has 3 rings (SSSR count). The van der Waals surface area contributed by atoms with Gasteiger partial charge in [-0.3, -0.25) is 4.79 Å². The standard InChI is InChI=1S/C24H22N2O3/c1-28-22-14-13-19(16-23(22)29-2)15-21(20-11-7-4-8-12-20)24(27)26-25-17-18-9-5-3-6-10-18/h3-17H,1-2H3,(H,26,27)/b21-15-,25-17+. The van der Waals surface area contributed by atoms with Crippen molar-refractivity contribution >= 4 is 23.8 Å². The Hall–Kier alpha value is -3.86. The first kappa shape index (κ1) is 19.9. The summed E-state index contributed by atoms with van der Waals surface area (Å²) in [5, 5.41) is 4.08. The van der Waals surface area contributed by atoms with Crippen molar-refractivity contribution in [1.29, 1.82) is 0 Å². The Morgan fingerprint density at radius 1 is 0.828 bits per heavy atom. The normalized spacial score (nSPS) is 11.3. The predicted molar refractivity (Wildman–Crippen MR) is 116 cm³/mol. The first-order chi connectivity index (χ1) is 14.2. The molecular formula is C24H22N2O3. The Kier molecular flexibility index (Phi) is 6.79. The molecule has 0 saturated heterocycles. The number of hydrazone groups is 1. The number of rotatable bonds is 7. The van der Waals surface area contributed by atoms with Crippen LogP contribution in [0.2, 0.25) is 0 Å². The first-order valence-corrected chi connectivity index (χ1v) is 9.09. The van der Waals surface area contributed by atoms with Crippen molar-refractivity contribution < 1.29 is 14.3 Å². The second-order valence-corrected chi connectivity index (χ2v) is 6.15. The second kappa shape index (κ2) is 9.90. The first-order valence-electron chi connectivity index (χ1n) is 9.09. The average molecular weight is 386 g/mol. The van der Waals surface area contributed by atoms with E-state index in [1.54, 1.807) is 32.6 Å². The van der Waals surface area contributed by atoms with E-state index in [0.29, 0.717) is 17.1 Å². The maximum atomic E-state index is 12.9. The summed E-state index contributed by atoms with van der Waals surface area (Å²) >= 11 is 0. The van der Waals surface area contributed by atoms with Crippen LogP contribution in [0.3, 0.4) is 0 Å². The van der Waals surface area contributed by atoms with Crippen LogP contribution >= 0.6 is 0 Å². The molecule has 0 aromatic heterocycles. The van der Waals surface area contributed by atoms with Gasteiger partial charge in [0.2, 0.25) is 0 Å². The van der Waals surface area contributed by atoms with E-state index in [2.05, 4.69) is 10.5 Å². The van der Waals surface area contributed by atoms with Crippen molar-refractivity contribution in [2.75, 3.05) is 14.2 Å². The quantitative estimate of drug-likeness (QED) is 0.283. The molecule has 0 unspecified atom stereocenters. The number of benzene rings is 3. The summed E-state index contributed by atoms with van der Waals surface area (Å²) in [6.07, 6.45) is 3.40. The minimum Gasteiger partial charge on any atom is -0.493 e. The van der Waals surface area contributed by atoms with Crippen LogP contribution < -0.4 is 14.9 Å². The molecule has 0 aliphatic carbocycles. The summed E-state index contributed by atoms with van der Waals surface area (Å²) in [5.41, 5.74) is 5.59. The highest BCUT2D eigenvalue weighted by atomic mass is 16.5. The number of methoxy groups -OCH3 is 2.